The maximum absolute atomic E-state index is 10.5. The number of aliphatic carboxylic acids is 1. The first-order valence-electron chi connectivity index (χ1n) is 5.05. The predicted octanol–water partition coefficient (Wildman–Crippen LogP) is 3.08. The number of aromatic nitrogens is 1. The molecule has 2 aromatic rings. The first-order valence-corrected chi connectivity index (χ1v) is 5.43. The number of rotatable bonds is 3. The van der Waals surface area contributed by atoms with Crippen LogP contribution in [0.15, 0.2) is 24.4 Å². The van der Waals surface area contributed by atoms with Gasteiger partial charge >= 0.3 is 5.97 Å². The second kappa shape index (κ2) is 4.18. The SMILES string of the molecule is Cc1cn(CCC(=O)O)c2cccc(Cl)c12. The number of carbonyl (C=O) groups is 1. The van der Waals surface area contributed by atoms with E-state index in [0.717, 1.165) is 16.5 Å². The molecule has 1 aromatic heterocycles. The molecule has 0 radical (unpaired) electrons. The second-order valence-electron chi connectivity index (χ2n) is 3.78. The van der Waals surface area contributed by atoms with Crippen molar-refractivity contribution in [1.29, 1.82) is 0 Å². The number of aryl methyl sites for hydroxylation is 2. The summed E-state index contributed by atoms with van der Waals surface area (Å²) in [5.41, 5.74) is 2.07. The normalized spacial score (nSPS) is 10.9. The van der Waals surface area contributed by atoms with E-state index in [1.165, 1.54) is 0 Å². The van der Waals surface area contributed by atoms with Gasteiger partial charge in [0, 0.05) is 23.6 Å². The smallest absolute Gasteiger partial charge is 0.305 e. The zero-order chi connectivity index (χ0) is 11.7. The third-order valence-electron chi connectivity index (χ3n) is 2.61. The summed E-state index contributed by atoms with van der Waals surface area (Å²) in [6.45, 7) is 2.45. The van der Waals surface area contributed by atoms with E-state index in [2.05, 4.69) is 0 Å². The fraction of sp³-hybridized carbons (Fsp3) is 0.250. The van der Waals surface area contributed by atoms with E-state index in [4.69, 9.17) is 16.7 Å². The van der Waals surface area contributed by atoms with Crippen LogP contribution < -0.4 is 0 Å². The molecule has 0 atom stereocenters. The molecule has 4 heteroatoms. The number of benzene rings is 1. The third-order valence-corrected chi connectivity index (χ3v) is 2.93. The Balaban J connectivity index is 2.47. The van der Waals surface area contributed by atoms with Crippen LogP contribution in [0.2, 0.25) is 5.02 Å². The summed E-state index contributed by atoms with van der Waals surface area (Å²) in [5.74, 6) is -0.790. The fourth-order valence-corrected chi connectivity index (χ4v) is 2.23. The van der Waals surface area contributed by atoms with E-state index in [9.17, 15) is 4.79 Å². The number of nitrogens with zero attached hydrogens (tertiary/aromatic N) is 1. The molecule has 0 aliphatic rings. The van der Waals surface area contributed by atoms with Crippen molar-refractivity contribution in [3.8, 4) is 0 Å². The van der Waals surface area contributed by atoms with Crippen LogP contribution in [0.5, 0.6) is 0 Å². The van der Waals surface area contributed by atoms with Crippen molar-refractivity contribution in [2.24, 2.45) is 0 Å². The maximum Gasteiger partial charge on any atom is 0.305 e. The number of carboxylic acids is 1. The molecule has 3 nitrogen and oxygen atoms in total. The molecule has 0 unspecified atom stereocenters. The van der Waals surface area contributed by atoms with Crippen molar-refractivity contribution >= 4 is 28.5 Å². The lowest BCUT2D eigenvalue weighted by Crippen LogP contribution is -2.03. The van der Waals surface area contributed by atoms with Gasteiger partial charge in [0.05, 0.1) is 11.4 Å². The molecule has 16 heavy (non-hydrogen) atoms. The highest BCUT2D eigenvalue weighted by atomic mass is 35.5. The highest BCUT2D eigenvalue weighted by Gasteiger charge is 2.09. The van der Waals surface area contributed by atoms with Crippen LogP contribution in [0.4, 0.5) is 0 Å². The fourth-order valence-electron chi connectivity index (χ4n) is 1.91. The standard InChI is InChI=1S/C12H12ClNO2/c1-8-7-14(6-5-11(15)16)10-4-2-3-9(13)12(8)10/h2-4,7H,5-6H2,1H3,(H,15,16). The Labute approximate surface area is 98.3 Å². The molecule has 0 amide bonds. The van der Waals surface area contributed by atoms with Gasteiger partial charge in [0.2, 0.25) is 0 Å². The highest BCUT2D eigenvalue weighted by Crippen LogP contribution is 2.28. The summed E-state index contributed by atoms with van der Waals surface area (Å²) in [7, 11) is 0. The molecule has 2 rings (SSSR count). The van der Waals surface area contributed by atoms with Crippen molar-refractivity contribution in [2.75, 3.05) is 0 Å². The molecule has 0 spiro atoms. The molecular formula is C12H12ClNO2. The monoisotopic (exact) mass is 237 g/mol. The van der Waals surface area contributed by atoms with Crippen LogP contribution >= 0.6 is 11.6 Å². The Kier molecular flexibility index (Phi) is 2.88. The first-order chi connectivity index (χ1) is 7.59. The van der Waals surface area contributed by atoms with Gasteiger partial charge in [-0.15, -0.1) is 0 Å². The van der Waals surface area contributed by atoms with Gasteiger partial charge in [-0.05, 0) is 24.6 Å². The van der Waals surface area contributed by atoms with Crippen LogP contribution in [-0.2, 0) is 11.3 Å². The van der Waals surface area contributed by atoms with E-state index in [0.29, 0.717) is 11.6 Å². The number of carboxylic acid groups (broad SMARTS) is 1. The Morgan fingerprint density at radius 3 is 2.94 bits per heavy atom. The Bertz CT molecular complexity index is 545. The number of fused-ring (bicyclic) bond motifs is 1. The highest BCUT2D eigenvalue weighted by molar-refractivity contribution is 6.35. The topological polar surface area (TPSA) is 42.2 Å². The van der Waals surface area contributed by atoms with Crippen LogP contribution in [0.1, 0.15) is 12.0 Å². The van der Waals surface area contributed by atoms with Crippen LogP contribution in [0.25, 0.3) is 10.9 Å². The van der Waals surface area contributed by atoms with Crippen molar-refractivity contribution < 1.29 is 9.90 Å². The lowest BCUT2D eigenvalue weighted by atomic mass is 10.2. The summed E-state index contributed by atoms with van der Waals surface area (Å²) in [4.78, 5) is 10.5. The maximum atomic E-state index is 10.5. The van der Waals surface area contributed by atoms with Crippen molar-refractivity contribution in [1.82, 2.24) is 4.57 Å². The van der Waals surface area contributed by atoms with Crippen molar-refractivity contribution in [2.45, 2.75) is 19.9 Å². The second-order valence-corrected chi connectivity index (χ2v) is 4.19. The van der Waals surface area contributed by atoms with Crippen LogP contribution in [0.3, 0.4) is 0 Å². The van der Waals surface area contributed by atoms with E-state index in [1.807, 2.05) is 35.9 Å². The van der Waals surface area contributed by atoms with E-state index in [1.54, 1.807) is 0 Å². The van der Waals surface area contributed by atoms with Crippen molar-refractivity contribution in [3.63, 3.8) is 0 Å². The summed E-state index contributed by atoms with van der Waals surface area (Å²) >= 11 is 6.11. The molecule has 0 saturated heterocycles. The lowest BCUT2D eigenvalue weighted by molar-refractivity contribution is -0.137. The van der Waals surface area contributed by atoms with E-state index in [-0.39, 0.29) is 6.42 Å². The van der Waals surface area contributed by atoms with E-state index >= 15 is 0 Å². The van der Waals surface area contributed by atoms with Gasteiger partial charge < -0.3 is 9.67 Å². The van der Waals surface area contributed by atoms with Gasteiger partial charge in [-0.3, -0.25) is 4.79 Å². The molecule has 1 heterocycles. The zero-order valence-electron chi connectivity index (χ0n) is 8.90. The summed E-state index contributed by atoms with van der Waals surface area (Å²) in [5, 5.41) is 10.4. The lowest BCUT2D eigenvalue weighted by Gasteiger charge is -2.02. The Morgan fingerprint density at radius 2 is 2.25 bits per heavy atom. The summed E-state index contributed by atoms with van der Waals surface area (Å²) in [6, 6.07) is 5.68. The molecule has 0 fully saturated rings. The summed E-state index contributed by atoms with van der Waals surface area (Å²) < 4.78 is 1.94. The van der Waals surface area contributed by atoms with Gasteiger partial charge in [0.15, 0.2) is 0 Å². The minimum absolute atomic E-state index is 0.121. The molecule has 0 aliphatic heterocycles. The Hall–Kier alpha value is -1.48. The number of halogens is 1. The first kappa shape index (κ1) is 11.0. The average molecular weight is 238 g/mol. The van der Waals surface area contributed by atoms with Gasteiger partial charge in [-0.2, -0.15) is 0 Å². The third kappa shape index (κ3) is 1.91. The van der Waals surface area contributed by atoms with E-state index < -0.39 is 5.97 Å². The van der Waals surface area contributed by atoms with Crippen molar-refractivity contribution in [3.05, 3.63) is 35.0 Å². The zero-order valence-corrected chi connectivity index (χ0v) is 9.66. The van der Waals surface area contributed by atoms with Gasteiger partial charge in [-0.25, -0.2) is 0 Å². The predicted molar refractivity (Wildman–Crippen MR) is 63.9 cm³/mol. The molecule has 0 aliphatic carbocycles. The summed E-state index contributed by atoms with van der Waals surface area (Å²) in [6.07, 6.45) is 2.06. The van der Waals surface area contributed by atoms with Gasteiger partial charge in [0.1, 0.15) is 0 Å². The van der Waals surface area contributed by atoms with Crippen LogP contribution in [0, 0.1) is 6.92 Å². The molecule has 0 bridgehead atoms. The molecular weight excluding hydrogens is 226 g/mol. The van der Waals surface area contributed by atoms with Crippen LogP contribution in [-0.4, -0.2) is 15.6 Å². The average Bonchev–Trinajstić information content (AvgIpc) is 2.54. The largest absolute Gasteiger partial charge is 0.481 e. The molecule has 1 N–H and O–H groups in total. The number of hydrogen-bond acceptors (Lipinski definition) is 1. The number of hydrogen-bond donors (Lipinski definition) is 1. The Morgan fingerprint density at radius 1 is 1.50 bits per heavy atom. The molecule has 1 aromatic carbocycles. The van der Waals surface area contributed by atoms with Gasteiger partial charge in [-0.1, -0.05) is 17.7 Å². The molecule has 84 valence electrons. The minimum atomic E-state index is -0.790. The minimum Gasteiger partial charge on any atom is -0.481 e. The quantitative estimate of drug-likeness (QED) is 0.892. The molecule has 0 saturated carbocycles. The van der Waals surface area contributed by atoms with Gasteiger partial charge in [0.25, 0.3) is 0 Å².